The van der Waals surface area contributed by atoms with Crippen LogP contribution >= 0.6 is 0 Å². The van der Waals surface area contributed by atoms with Crippen molar-refractivity contribution in [1.82, 2.24) is 15.5 Å². The van der Waals surface area contributed by atoms with Crippen LogP contribution < -0.4 is 10.6 Å². The Balaban J connectivity index is 1.93. The lowest BCUT2D eigenvalue weighted by atomic mass is 10.1. The number of nitrogens with zero attached hydrogens (tertiary/aromatic N) is 1. The van der Waals surface area contributed by atoms with Crippen molar-refractivity contribution in [2.75, 3.05) is 6.54 Å². The summed E-state index contributed by atoms with van der Waals surface area (Å²) in [7, 11) is 0. The second-order valence-corrected chi connectivity index (χ2v) is 6.56. The molecule has 2 aromatic rings. The normalized spacial score (nSPS) is 11.5. The number of rotatable bonds is 6. The molecule has 2 heterocycles. The quantitative estimate of drug-likeness (QED) is 0.848. The van der Waals surface area contributed by atoms with Crippen LogP contribution in [0, 0.1) is 0 Å². The molecule has 0 aliphatic carbocycles. The average molecular weight is 333 g/mol. The van der Waals surface area contributed by atoms with Gasteiger partial charge in [-0.15, -0.1) is 0 Å². The summed E-state index contributed by atoms with van der Waals surface area (Å²) in [5, 5.41) is 5.02. The van der Waals surface area contributed by atoms with E-state index in [9.17, 15) is 9.59 Å². The highest BCUT2D eigenvalue weighted by Crippen LogP contribution is 2.10. The first-order valence-corrected chi connectivity index (χ1v) is 7.71. The summed E-state index contributed by atoms with van der Waals surface area (Å²) in [6.07, 6.45) is 3.16. The van der Waals surface area contributed by atoms with Crippen molar-refractivity contribution in [3.63, 3.8) is 0 Å². The molecule has 0 bridgehead atoms. The van der Waals surface area contributed by atoms with Gasteiger partial charge in [0.05, 0.1) is 32.2 Å². The van der Waals surface area contributed by atoms with Gasteiger partial charge < -0.3 is 14.2 Å². The smallest absolute Gasteiger partial charge is 0.321 e. The van der Waals surface area contributed by atoms with E-state index in [1.807, 2.05) is 37.8 Å². The molecule has 3 amide bonds. The van der Waals surface area contributed by atoms with E-state index >= 15 is 0 Å². The van der Waals surface area contributed by atoms with Crippen molar-refractivity contribution in [1.29, 1.82) is 0 Å². The lowest BCUT2D eigenvalue weighted by Gasteiger charge is -2.22. The highest BCUT2D eigenvalue weighted by Gasteiger charge is 2.19. The second kappa shape index (κ2) is 7.83. The molecular formula is C17H23N3O4. The lowest BCUT2D eigenvalue weighted by molar-refractivity contribution is -0.121. The summed E-state index contributed by atoms with van der Waals surface area (Å²) >= 11 is 0. The minimum Gasteiger partial charge on any atom is -0.468 e. The van der Waals surface area contributed by atoms with Crippen molar-refractivity contribution >= 4 is 11.9 Å². The second-order valence-electron chi connectivity index (χ2n) is 6.56. The zero-order valence-corrected chi connectivity index (χ0v) is 14.2. The van der Waals surface area contributed by atoms with E-state index in [-0.39, 0.29) is 6.54 Å². The zero-order valence-electron chi connectivity index (χ0n) is 14.2. The summed E-state index contributed by atoms with van der Waals surface area (Å²) in [5.74, 6) is 1.07. The van der Waals surface area contributed by atoms with Crippen LogP contribution in [0.3, 0.4) is 0 Å². The van der Waals surface area contributed by atoms with Gasteiger partial charge in [0.15, 0.2) is 0 Å². The maximum Gasteiger partial charge on any atom is 0.321 e. The summed E-state index contributed by atoms with van der Waals surface area (Å²) in [4.78, 5) is 25.7. The Bertz CT molecular complexity index is 606. The molecule has 7 heteroatoms. The van der Waals surface area contributed by atoms with Gasteiger partial charge in [-0.2, -0.15) is 0 Å². The fourth-order valence-electron chi connectivity index (χ4n) is 2.15. The van der Waals surface area contributed by atoms with Crippen molar-refractivity contribution in [2.45, 2.75) is 39.4 Å². The van der Waals surface area contributed by atoms with Crippen LogP contribution in [-0.2, 0) is 17.9 Å². The van der Waals surface area contributed by atoms with E-state index in [0.717, 1.165) is 11.5 Å². The third-order valence-electron chi connectivity index (χ3n) is 3.03. The largest absolute Gasteiger partial charge is 0.468 e. The highest BCUT2D eigenvalue weighted by molar-refractivity contribution is 5.95. The van der Waals surface area contributed by atoms with E-state index in [0.29, 0.717) is 13.1 Å². The van der Waals surface area contributed by atoms with Gasteiger partial charge in [0.25, 0.3) is 0 Å². The molecule has 0 aromatic carbocycles. The first-order chi connectivity index (χ1) is 11.3. The number of amides is 3. The third kappa shape index (κ3) is 6.29. The Morgan fingerprint density at radius 3 is 2.00 bits per heavy atom. The van der Waals surface area contributed by atoms with Gasteiger partial charge in [-0.25, -0.2) is 4.79 Å². The van der Waals surface area contributed by atoms with Crippen LogP contribution in [0.4, 0.5) is 4.79 Å². The molecular weight excluding hydrogens is 310 g/mol. The van der Waals surface area contributed by atoms with Gasteiger partial charge >= 0.3 is 6.03 Å². The molecule has 0 fully saturated rings. The number of nitrogens with one attached hydrogen (secondary N) is 2. The predicted octanol–water partition coefficient (Wildman–Crippen LogP) is 2.50. The first-order valence-electron chi connectivity index (χ1n) is 7.71. The molecule has 130 valence electrons. The van der Waals surface area contributed by atoms with E-state index in [4.69, 9.17) is 8.83 Å². The Kier molecular flexibility index (Phi) is 5.81. The molecule has 0 saturated heterocycles. The van der Waals surface area contributed by atoms with Crippen LogP contribution in [0.5, 0.6) is 0 Å². The van der Waals surface area contributed by atoms with Crippen LogP contribution in [0.25, 0.3) is 0 Å². The summed E-state index contributed by atoms with van der Waals surface area (Å²) in [6.45, 7) is 6.44. The topological polar surface area (TPSA) is 87.7 Å². The number of furan rings is 2. The molecule has 0 unspecified atom stereocenters. The maximum atomic E-state index is 12.1. The molecule has 0 saturated carbocycles. The molecule has 2 N–H and O–H groups in total. The van der Waals surface area contributed by atoms with Crippen molar-refractivity contribution < 1.29 is 18.4 Å². The van der Waals surface area contributed by atoms with E-state index in [1.54, 1.807) is 24.7 Å². The zero-order chi connectivity index (χ0) is 17.6. The molecule has 0 aliphatic heterocycles. The summed E-state index contributed by atoms with van der Waals surface area (Å²) in [6, 6.07) is 6.73. The lowest BCUT2D eigenvalue weighted by Crippen LogP contribution is -2.50. The van der Waals surface area contributed by atoms with Gasteiger partial charge in [0.2, 0.25) is 5.91 Å². The van der Waals surface area contributed by atoms with Crippen molar-refractivity contribution in [3.8, 4) is 0 Å². The van der Waals surface area contributed by atoms with Crippen LogP contribution in [0.15, 0.2) is 45.6 Å². The van der Waals surface area contributed by atoms with E-state index in [2.05, 4.69) is 10.6 Å². The summed E-state index contributed by atoms with van der Waals surface area (Å²) in [5.41, 5.74) is -0.410. The predicted molar refractivity (Wildman–Crippen MR) is 88.0 cm³/mol. The Morgan fingerprint density at radius 2 is 1.58 bits per heavy atom. The monoisotopic (exact) mass is 333 g/mol. The third-order valence-corrected chi connectivity index (χ3v) is 3.03. The van der Waals surface area contributed by atoms with Crippen LogP contribution in [0.1, 0.15) is 32.3 Å². The Morgan fingerprint density at radius 1 is 1.04 bits per heavy atom. The Hall–Kier alpha value is -2.54. The number of hydrogen-bond donors (Lipinski definition) is 2. The van der Waals surface area contributed by atoms with Crippen LogP contribution in [0.2, 0.25) is 0 Å². The van der Waals surface area contributed by atoms with Crippen molar-refractivity contribution in [2.24, 2.45) is 0 Å². The standard InChI is InChI=1S/C17H23N3O4/c1-17(2,3)19-16(22)18-15(21)12-20(10-13-6-4-8-23-13)11-14-7-5-9-24-14/h4-9H,10-12H2,1-3H3,(H2,18,19,21,22). The first kappa shape index (κ1) is 17.8. The number of urea groups is 1. The number of carbonyl (C=O) groups excluding carboxylic acids is 2. The van der Waals surface area contributed by atoms with Crippen LogP contribution in [-0.4, -0.2) is 28.9 Å². The number of carbonyl (C=O) groups is 2. The van der Waals surface area contributed by atoms with E-state index in [1.165, 1.54) is 0 Å². The molecule has 0 spiro atoms. The van der Waals surface area contributed by atoms with Crippen molar-refractivity contribution in [3.05, 3.63) is 48.3 Å². The minimum absolute atomic E-state index is 0.0406. The Labute approximate surface area is 141 Å². The molecule has 7 nitrogen and oxygen atoms in total. The molecule has 2 rings (SSSR count). The SMILES string of the molecule is CC(C)(C)NC(=O)NC(=O)CN(Cc1ccco1)Cc1ccco1. The molecule has 24 heavy (non-hydrogen) atoms. The van der Waals surface area contributed by atoms with Gasteiger partial charge in [-0.05, 0) is 45.0 Å². The highest BCUT2D eigenvalue weighted by atomic mass is 16.3. The fourth-order valence-corrected chi connectivity index (χ4v) is 2.15. The minimum atomic E-state index is -0.511. The fraction of sp³-hybridized carbons (Fsp3) is 0.412. The number of imide groups is 1. The van der Waals surface area contributed by atoms with Gasteiger partial charge in [0, 0.05) is 5.54 Å². The number of hydrogen-bond acceptors (Lipinski definition) is 5. The maximum absolute atomic E-state index is 12.1. The summed E-state index contributed by atoms with van der Waals surface area (Å²) < 4.78 is 10.7. The molecule has 2 aromatic heterocycles. The van der Waals surface area contributed by atoms with E-state index < -0.39 is 17.5 Å². The molecule has 0 atom stereocenters. The average Bonchev–Trinajstić information content (AvgIpc) is 3.09. The van der Waals surface area contributed by atoms with Gasteiger partial charge in [-0.1, -0.05) is 0 Å². The molecule has 0 radical (unpaired) electrons. The van der Waals surface area contributed by atoms with Gasteiger partial charge in [0.1, 0.15) is 11.5 Å². The molecule has 0 aliphatic rings. The van der Waals surface area contributed by atoms with Gasteiger partial charge in [-0.3, -0.25) is 15.0 Å².